The van der Waals surface area contributed by atoms with E-state index in [4.69, 9.17) is 0 Å². The fourth-order valence-electron chi connectivity index (χ4n) is 4.65. The molecule has 0 bridgehead atoms. The number of nitriles is 1. The van der Waals surface area contributed by atoms with Crippen LogP contribution in [0.1, 0.15) is 51.5 Å². The summed E-state index contributed by atoms with van der Waals surface area (Å²) in [6.45, 7) is 5.41. The van der Waals surface area contributed by atoms with Crippen LogP contribution in [0.4, 0.5) is 5.69 Å². The van der Waals surface area contributed by atoms with Gasteiger partial charge in [-0.2, -0.15) is 9.57 Å². The van der Waals surface area contributed by atoms with Gasteiger partial charge in [-0.15, -0.1) is 0 Å². The fourth-order valence-corrected chi connectivity index (χ4v) is 6.16. The van der Waals surface area contributed by atoms with Crippen molar-refractivity contribution in [3.05, 3.63) is 23.8 Å². The van der Waals surface area contributed by atoms with E-state index in [0.717, 1.165) is 43.4 Å². The first kappa shape index (κ1) is 22.6. The van der Waals surface area contributed by atoms with Gasteiger partial charge < -0.3 is 9.80 Å². The van der Waals surface area contributed by atoms with Gasteiger partial charge in [-0.3, -0.25) is 4.79 Å². The highest BCUT2D eigenvalue weighted by Gasteiger charge is 2.39. The standard InChI is InChI=1S/C22H32N4O3S/c1-4-26(5-2)30(28,29)19-9-10-20-18(15-19)11-14-25(20)16-21(27)24(3)22(17-23)12-7-6-8-13-22/h9-10,15H,4-8,11-14,16H2,1-3H3. The van der Waals surface area contributed by atoms with E-state index in [0.29, 0.717) is 31.0 Å². The Morgan fingerprint density at radius 3 is 2.47 bits per heavy atom. The molecule has 1 fully saturated rings. The first-order valence-corrected chi connectivity index (χ1v) is 12.3. The van der Waals surface area contributed by atoms with Gasteiger partial charge in [-0.25, -0.2) is 8.42 Å². The van der Waals surface area contributed by atoms with Gasteiger partial charge in [-0.05, 0) is 43.0 Å². The summed E-state index contributed by atoms with van der Waals surface area (Å²) in [6, 6.07) is 7.60. The summed E-state index contributed by atoms with van der Waals surface area (Å²) in [6.07, 6.45) is 5.23. The summed E-state index contributed by atoms with van der Waals surface area (Å²) in [5.41, 5.74) is 1.16. The van der Waals surface area contributed by atoms with Crippen molar-refractivity contribution in [3.8, 4) is 6.07 Å². The van der Waals surface area contributed by atoms with E-state index < -0.39 is 15.6 Å². The number of carbonyl (C=O) groups is 1. The second-order valence-corrected chi connectivity index (χ2v) is 10.1. The molecule has 1 heterocycles. The second kappa shape index (κ2) is 8.94. The molecule has 0 saturated heterocycles. The molecule has 7 nitrogen and oxygen atoms in total. The molecule has 30 heavy (non-hydrogen) atoms. The predicted octanol–water partition coefficient (Wildman–Crippen LogP) is 2.76. The number of hydrogen-bond acceptors (Lipinski definition) is 5. The topological polar surface area (TPSA) is 84.7 Å². The minimum Gasteiger partial charge on any atom is -0.362 e. The minimum atomic E-state index is -3.50. The molecule has 0 aromatic heterocycles. The zero-order valence-corrected chi connectivity index (χ0v) is 19.0. The number of hydrogen-bond donors (Lipinski definition) is 0. The number of sulfonamides is 1. The second-order valence-electron chi connectivity index (χ2n) is 8.21. The smallest absolute Gasteiger partial charge is 0.243 e. The molecule has 1 amide bonds. The third-order valence-corrected chi connectivity index (χ3v) is 8.66. The lowest BCUT2D eigenvalue weighted by Gasteiger charge is -2.39. The Bertz CT molecular complexity index is 928. The summed E-state index contributed by atoms with van der Waals surface area (Å²) in [5, 5.41) is 9.75. The molecule has 0 radical (unpaired) electrons. The molecule has 2 aliphatic rings. The first-order chi connectivity index (χ1) is 14.3. The van der Waals surface area contributed by atoms with Crippen LogP contribution in [-0.2, 0) is 21.2 Å². The number of amides is 1. The minimum absolute atomic E-state index is 0.0638. The van der Waals surface area contributed by atoms with Gasteiger partial charge >= 0.3 is 0 Å². The van der Waals surface area contributed by atoms with Crippen LogP contribution in [0.15, 0.2) is 23.1 Å². The van der Waals surface area contributed by atoms with Crippen molar-refractivity contribution in [2.75, 3.05) is 38.1 Å². The Hall–Kier alpha value is -2.11. The molecule has 1 aliphatic carbocycles. The Morgan fingerprint density at radius 2 is 1.87 bits per heavy atom. The Labute approximate surface area is 180 Å². The zero-order valence-electron chi connectivity index (χ0n) is 18.2. The molecule has 1 saturated carbocycles. The lowest BCUT2D eigenvalue weighted by molar-refractivity contribution is -0.133. The number of carbonyl (C=O) groups excluding carboxylic acids is 1. The van der Waals surface area contributed by atoms with Gasteiger partial charge in [0.15, 0.2) is 0 Å². The van der Waals surface area contributed by atoms with E-state index in [1.807, 2.05) is 24.8 Å². The lowest BCUT2D eigenvalue weighted by Crippen LogP contribution is -2.52. The third kappa shape index (κ3) is 4.06. The monoisotopic (exact) mass is 432 g/mol. The van der Waals surface area contributed by atoms with Crippen molar-refractivity contribution < 1.29 is 13.2 Å². The van der Waals surface area contributed by atoms with Gasteiger partial charge in [0.25, 0.3) is 0 Å². The van der Waals surface area contributed by atoms with Gasteiger partial charge in [0.1, 0.15) is 5.54 Å². The van der Waals surface area contributed by atoms with Crippen molar-refractivity contribution in [1.82, 2.24) is 9.21 Å². The van der Waals surface area contributed by atoms with Crippen molar-refractivity contribution in [3.63, 3.8) is 0 Å². The van der Waals surface area contributed by atoms with E-state index >= 15 is 0 Å². The SMILES string of the molecule is CCN(CC)S(=O)(=O)c1ccc2c(c1)CCN2CC(=O)N(C)C1(C#N)CCCCC1. The molecule has 164 valence electrons. The zero-order chi connectivity index (χ0) is 21.9. The molecule has 1 aliphatic heterocycles. The van der Waals surface area contributed by atoms with Gasteiger partial charge in [0.05, 0.1) is 17.5 Å². The van der Waals surface area contributed by atoms with Crippen LogP contribution < -0.4 is 4.90 Å². The summed E-state index contributed by atoms with van der Waals surface area (Å²) in [5.74, 6) is -0.0638. The van der Waals surface area contributed by atoms with Crippen LogP contribution >= 0.6 is 0 Å². The largest absolute Gasteiger partial charge is 0.362 e. The molecule has 8 heteroatoms. The van der Waals surface area contributed by atoms with E-state index in [-0.39, 0.29) is 12.5 Å². The maximum Gasteiger partial charge on any atom is 0.243 e. The number of likely N-dealkylation sites (N-methyl/N-ethyl adjacent to an activating group) is 1. The molecule has 0 spiro atoms. The average molecular weight is 433 g/mol. The van der Waals surface area contributed by atoms with E-state index in [9.17, 15) is 18.5 Å². The van der Waals surface area contributed by atoms with Crippen LogP contribution in [0.3, 0.4) is 0 Å². The maximum atomic E-state index is 13.0. The van der Waals surface area contributed by atoms with Gasteiger partial charge in [0, 0.05) is 32.4 Å². The lowest BCUT2D eigenvalue weighted by atomic mass is 9.81. The van der Waals surface area contributed by atoms with Crippen LogP contribution in [0.2, 0.25) is 0 Å². The van der Waals surface area contributed by atoms with Crippen molar-refractivity contribution in [2.45, 2.75) is 62.8 Å². The molecule has 0 N–H and O–H groups in total. The average Bonchev–Trinajstić information content (AvgIpc) is 3.16. The molecule has 1 aromatic rings. The quantitative estimate of drug-likeness (QED) is 0.661. The highest BCUT2D eigenvalue weighted by molar-refractivity contribution is 7.89. The summed E-state index contributed by atoms with van der Waals surface area (Å²) < 4.78 is 27.1. The number of benzene rings is 1. The molecule has 0 atom stereocenters. The molecular weight excluding hydrogens is 400 g/mol. The summed E-state index contributed by atoms with van der Waals surface area (Å²) >= 11 is 0. The Kier molecular flexibility index (Phi) is 6.73. The molecule has 3 rings (SSSR count). The van der Waals surface area contributed by atoms with Crippen molar-refractivity contribution >= 4 is 21.6 Å². The normalized spacial score (nSPS) is 18.2. The number of nitrogens with zero attached hydrogens (tertiary/aromatic N) is 4. The van der Waals surface area contributed by atoms with Gasteiger partial charge in [0.2, 0.25) is 15.9 Å². The van der Waals surface area contributed by atoms with E-state index in [1.165, 1.54) is 4.31 Å². The molecular formula is C22H32N4O3S. The van der Waals surface area contributed by atoms with Crippen LogP contribution in [0.5, 0.6) is 0 Å². The van der Waals surface area contributed by atoms with Crippen LogP contribution in [-0.4, -0.2) is 62.3 Å². The highest BCUT2D eigenvalue weighted by atomic mass is 32.2. The first-order valence-electron chi connectivity index (χ1n) is 10.8. The van der Waals surface area contributed by atoms with E-state index in [1.54, 1.807) is 24.1 Å². The van der Waals surface area contributed by atoms with Crippen molar-refractivity contribution in [1.29, 1.82) is 5.26 Å². The summed E-state index contributed by atoms with van der Waals surface area (Å²) in [7, 11) is -1.76. The Morgan fingerprint density at radius 1 is 1.20 bits per heavy atom. The number of fused-ring (bicyclic) bond motifs is 1. The Balaban J connectivity index is 1.76. The van der Waals surface area contributed by atoms with E-state index in [2.05, 4.69) is 6.07 Å². The maximum absolute atomic E-state index is 13.0. The number of anilines is 1. The predicted molar refractivity (Wildman–Crippen MR) is 117 cm³/mol. The summed E-state index contributed by atoms with van der Waals surface area (Å²) in [4.78, 5) is 16.9. The van der Waals surface area contributed by atoms with Crippen molar-refractivity contribution in [2.24, 2.45) is 0 Å². The van der Waals surface area contributed by atoms with Gasteiger partial charge in [-0.1, -0.05) is 33.1 Å². The molecule has 1 aromatic carbocycles. The highest BCUT2D eigenvalue weighted by Crippen LogP contribution is 2.34. The number of rotatable bonds is 7. The fraction of sp³-hybridized carbons (Fsp3) is 0.636. The third-order valence-electron chi connectivity index (χ3n) is 6.62. The molecule has 0 unspecified atom stereocenters. The van der Waals surface area contributed by atoms with Crippen LogP contribution in [0, 0.1) is 11.3 Å². The van der Waals surface area contributed by atoms with Crippen LogP contribution in [0.25, 0.3) is 0 Å².